The van der Waals surface area contributed by atoms with Gasteiger partial charge in [-0.15, -0.1) is 0 Å². The molecule has 0 atom stereocenters. The van der Waals surface area contributed by atoms with E-state index in [0.717, 1.165) is 6.04 Å². The molecule has 2 nitrogen and oxygen atoms in total. The molecule has 1 radical (unpaired) electrons. The van der Waals surface area contributed by atoms with Gasteiger partial charge in [0.25, 0.3) is 0 Å². The van der Waals surface area contributed by atoms with Gasteiger partial charge >= 0.3 is 6.61 Å². The molecule has 0 heterocycles. The number of alkyl halides is 2. The molecule has 0 amide bonds. The molecule has 0 saturated carbocycles. The molecule has 19 heavy (non-hydrogen) atoms. The van der Waals surface area contributed by atoms with Crippen molar-refractivity contribution in [2.24, 2.45) is 0 Å². The van der Waals surface area contributed by atoms with Crippen molar-refractivity contribution >= 4 is 19.7 Å². The number of hydrogen-bond acceptors (Lipinski definition) is 2. The van der Waals surface area contributed by atoms with Crippen molar-refractivity contribution in [2.45, 2.75) is 32.3 Å². The zero-order chi connectivity index (χ0) is 14.5. The van der Waals surface area contributed by atoms with Crippen molar-refractivity contribution in [3.63, 3.8) is 0 Å². The minimum Gasteiger partial charge on any atom is -0.434 e. The summed E-state index contributed by atoms with van der Waals surface area (Å²) in [6.07, 6.45) is 0. The molecule has 107 valence electrons. The largest absolute Gasteiger partial charge is 0.434 e. The van der Waals surface area contributed by atoms with Crippen LogP contribution in [-0.4, -0.2) is 21.3 Å². The van der Waals surface area contributed by atoms with Gasteiger partial charge in [0.2, 0.25) is 0 Å². The number of ether oxygens (including phenoxy) is 2. The molecule has 1 aromatic carbocycles. The summed E-state index contributed by atoms with van der Waals surface area (Å²) in [6, 6.07) is 5.43. The van der Waals surface area contributed by atoms with Crippen LogP contribution in [0.1, 0.15) is 5.56 Å². The Morgan fingerprint density at radius 1 is 1.32 bits per heavy atom. The highest BCUT2D eigenvalue weighted by Crippen LogP contribution is 2.26. The highest BCUT2D eigenvalue weighted by molar-refractivity contribution is 6.76. The lowest BCUT2D eigenvalue weighted by atomic mass is 10.2. The first kappa shape index (κ1) is 16.4. The molecule has 0 bridgehead atoms. The topological polar surface area (TPSA) is 18.5 Å². The molecule has 0 fully saturated rings. The summed E-state index contributed by atoms with van der Waals surface area (Å²) in [4.78, 5) is 0. The minimum absolute atomic E-state index is 0.0624. The SMILES string of the molecule is C[Si](C)(C)CCO[CH]c1cc(Cl)ccc1OC(F)F. The maximum absolute atomic E-state index is 12.2. The molecule has 0 aromatic heterocycles. The zero-order valence-corrected chi connectivity index (χ0v) is 13.0. The molecule has 0 spiro atoms. The molecule has 1 aromatic rings. The first-order valence-corrected chi connectivity index (χ1v) is 10.1. The van der Waals surface area contributed by atoms with Crippen LogP contribution < -0.4 is 4.74 Å². The van der Waals surface area contributed by atoms with Gasteiger partial charge in [-0.1, -0.05) is 31.2 Å². The van der Waals surface area contributed by atoms with E-state index >= 15 is 0 Å². The van der Waals surface area contributed by atoms with Crippen molar-refractivity contribution in [2.75, 3.05) is 6.61 Å². The summed E-state index contributed by atoms with van der Waals surface area (Å²) in [5.74, 6) is 0.0624. The van der Waals surface area contributed by atoms with E-state index in [1.807, 2.05) is 0 Å². The summed E-state index contributed by atoms with van der Waals surface area (Å²) in [6.45, 7) is 5.83. The normalized spacial score (nSPS) is 11.9. The third-order valence-corrected chi connectivity index (χ3v) is 4.31. The monoisotopic (exact) mass is 307 g/mol. The zero-order valence-electron chi connectivity index (χ0n) is 11.3. The quantitative estimate of drug-likeness (QED) is 0.532. The van der Waals surface area contributed by atoms with Crippen molar-refractivity contribution in [3.05, 3.63) is 35.4 Å². The average molecular weight is 308 g/mol. The van der Waals surface area contributed by atoms with Crippen LogP contribution in [0.5, 0.6) is 5.75 Å². The Hall–Kier alpha value is -0.653. The summed E-state index contributed by atoms with van der Waals surface area (Å²) in [5, 5.41) is 0.446. The summed E-state index contributed by atoms with van der Waals surface area (Å²) in [5.41, 5.74) is 0.420. The molecule has 0 aliphatic heterocycles. The Morgan fingerprint density at radius 3 is 2.58 bits per heavy atom. The van der Waals surface area contributed by atoms with E-state index in [4.69, 9.17) is 16.3 Å². The van der Waals surface area contributed by atoms with Crippen molar-refractivity contribution in [1.29, 1.82) is 0 Å². The maximum Gasteiger partial charge on any atom is 0.387 e. The smallest absolute Gasteiger partial charge is 0.387 e. The summed E-state index contributed by atoms with van der Waals surface area (Å²) in [7, 11) is -1.17. The highest BCUT2D eigenvalue weighted by Gasteiger charge is 2.14. The van der Waals surface area contributed by atoms with Crippen LogP contribution in [-0.2, 0) is 4.74 Å². The molecular weight excluding hydrogens is 290 g/mol. The van der Waals surface area contributed by atoms with E-state index in [0.29, 0.717) is 17.2 Å². The van der Waals surface area contributed by atoms with Crippen LogP contribution in [0.2, 0.25) is 30.7 Å². The van der Waals surface area contributed by atoms with Gasteiger partial charge in [0, 0.05) is 25.3 Å². The molecule has 0 unspecified atom stereocenters. The van der Waals surface area contributed by atoms with Crippen LogP contribution in [0, 0.1) is 6.61 Å². The van der Waals surface area contributed by atoms with E-state index in [2.05, 4.69) is 24.4 Å². The second-order valence-corrected chi connectivity index (χ2v) is 11.4. The fourth-order valence-electron chi connectivity index (χ4n) is 1.33. The number of halogens is 3. The van der Waals surface area contributed by atoms with Gasteiger partial charge in [-0.25, -0.2) is 0 Å². The molecule has 0 aliphatic carbocycles. The Balaban J connectivity index is 2.58. The predicted molar refractivity (Wildman–Crippen MR) is 75.6 cm³/mol. The van der Waals surface area contributed by atoms with Gasteiger partial charge in [0.1, 0.15) is 12.4 Å². The molecule has 1 rings (SSSR count). The lowest BCUT2D eigenvalue weighted by Gasteiger charge is -2.16. The second-order valence-electron chi connectivity index (χ2n) is 5.36. The van der Waals surface area contributed by atoms with Crippen LogP contribution in [0.3, 0.4) is 0 Å². The van der Waals surface area contributed by atoms with Gasteiger partial charge in [0.15, 0.2) is 0 Å². The average Bonchev–Trinajstić information content (AvgIpc) is 2.26. The Morgan fingerprint density at radius 2 is 2.00 bits per heavy atom. The first-order valence-electron chi connectivity index (χ1n) is 5.97. The van der Waals surface area contributed by atoms with Gasteiger partial charge in [-0.3, -0.25) is 0 Å². The van der Waals surface area contributed by atoms with Crippen molar-refractivity contribution < 1.29 is 18.3 Å². The minimum atomic E-state index is -2.87. The molecule has 0 aliphatic rings. The number of hydrogen-bond donors (Lipinski definition) is 0. The van der Waals surface area contributed by atoms with Crippen molar-refractivity contribution in [3.8, 4) is 5.75 Å². The van der Waals surface area contributed by atoms with Gasteiger partial charge in [-0.05, 0) is 24.2 Å². The Bertz CT molecular complexity index is 408. The van der Waals surface area contributed by atoms with Crippen molar-refractivity contribution in [1.82, 2.24) is 0 Å². The maximum atomic E-state index is 12.2. The van der Waals surface area contributed by atoms with E-state index in [1.165, 1.54) is 24.8 Å². The third-order valence-electron chi connectivity index (χ3n) is 2.37. The fourth-order valence-corrected chi connectivity index (χ4v) is 2.24. The van der Waals surface area contributed by atoms with Crippen LogP contribution >= 0.6 is 11.6 Å². The van der Waals surface area contributed by atoms with Crippen LogP contribution in [0.15, 0.2) is 18.2 Å². The predicted octanol–water partition coefficient (Wildman–Crippen LogP) is 4.81. The fraction of sp³-hybridized carbons (Fsp3) is 0.462. The highest BCUT2D eigenvalue weighted by atomic mass is 35.5. The standard InChI is InChI=1S/C13H18ClF2O2Si/c1-19(2,3)7-6-17-9-10-8-11(14)4-5-12(10)18-13(15)16/h4-5,8-9,13H,6-7H2,1-3H3. The molecule has 0 saturated heterocycles. The number of rotatable bonds is 7. The molecule has 6 heteroatoms. The molecular formula is C13H18ClF2O2Si. The number of benzene rings is 1. The van der Waals surface area contributed by atoms with Crippen LogP contribution in [0.4, 0.5) is 8.78 Å². The van der Waals surface area contributed by atoms with E-state index in [-0.39, 0.29) is 5.75 Å². The van der Waals surface area contributed by atoms with E-state index in [9.17, 15) is 8.78 Å². The van der Waals surface area contributed by atoms with Gasteiger partial charge < -0.3 is 9.47 Å². The molecule has 0 N–H and O–H groups in total. The second kappa shape index (κ2) is 7.22. The third kappa shape index (κ3) is 6.89. The van der Waals surface area contributed by atoms with Gasteiger partial charge in [-0.2, -0.15) is 8.78 Å². The van der Waals surface area contributed by atoms with E-state index < -0.39 is 14.7 Å². The Labute approximate surface area is 118 Å². The van der Waals surface area contributed by atoms with Gasteiger partial charge in [0.05, 0.1) is 0 Å². The summed E-state index contributed by atoms with van der Waals surface area (Å²) < 4.78 is 34.3. The Kier molecular flexibility index (Phi) is 6.23. The lowest BCUT2D eigenvalue weighted by molar-refractivity contribution is -0.0505. The van der Waals surface area contributed by atoms with E-state index in [1.54, 1.807) is 0 Å². The first-order chi connectivity index (χ1) is 8.78. The summed E-state index contributed by atoms with van der Waals surface area (Å²) >= 11 is 5.83. The lowest BCUT2D eigenvalue weighted by Crippen LogP contribution is -2.21. The van der Waals surface area contributed by atoms with Crippen LogP contribution in [0.25, 0.3) is 0 Å².